The molecule has 0 bridgehead atoms. The number of amides is 1. The molecule has 0 saturated heterocycles. The zero-order valence-electron chi connectivity index (χ0n) is 11.2. The molecule has 20 heavy (non-hydrogen) atoms. The Balaban J connectivity index is 3.38. The van der Waals surface area contributed by atoms with Crippen molar-refractivity contribution in [2.75, 3.05) is 14.1 Å². The molecule has 0 spiro atoms. The Hall–Kier alpha value is -2.88. The van der Waals surface area contributed by atoms with Crippen LogP contribution in [0, 0.1) is 28.4 Å². The molecular formula is C13H13N3O4. The van der Waals surface area contributed by atoms with Crippen molar-refractivity contribution in [3.63, 3.8) is 0 Å². The van der Waals surface area contributed by atoms with E-state index in [1.54, 1.807) is 6.07 Å². The summed E-state index contributed by atoms with van der Waals surface area (Å²) in [4.78, 5) is 23.0. The number of nitriles is 1. The van der Waals surface area contributed by atoms with Gasteiger partial charge in [-0.25, -0.2) is 0 Å². The van der Waals surface area contributed by atoms with E-state index in [1.165, 1.54) is 38.1 Å². The van der Waals surface area contributed by atoms with Crippen LogP contribution in [0.1, 0.15) is 11.1 Å². The summed E-state index contributed by atoms with van der Waals surface area (Å²) in [6, 6.07) is 4.33. The van der Waals surface area contributed by atoms with Crippen molar-refractivity contribution in [3.05, 3.63) is 38.9 Å². The van der Waals surface area contributed by atoms with Gasteiger partial charge in [-0.15, -0.1) is 0 Å². The second kappa shape index (κ2) is 5.84. The molecule has 0 aliphatic carbocycles. The molecule has 1 N–H and O–H groups in total. The average molecular weight is 275 g/mol. The van der Waals surface area contributed by atoms with Crippen LogP contribution in [-0.2, 0) is 4.79 Å². The standard InChI is InChI=1S/C13H13N3O4/c1-8-4-9(6-11(12(8)17)16(19)20)5-10(7-14)13(18)15(2)3/h4-6,17H,1-3H3/b10-5+. The second-order valence-electron chi connectivity index (χ2n) is 4.33. The van der Waals surface area contributed by atoms with Gasteiger partial charge < -0.3 is 10.0 Å². The van der Waals surface area contributed by atoms with E-state index in [9.17, 15) is 20.0 Å². The first-order valence-electron chi connectivity index (χ1n) is 5.59. The minimum Gasteiger partial charge on any atom is -0.502 e. The molecule has 0 heterocycles. The van der Waals surface area contributed by atoms with Gasteiger partial charge in [0, 0.05) is 20.2 Å². The molecular weight excluding hydrogens is 262 g/mol. The fraction of sp³-hybridized carbons (Fsp3) is 0.231. The van der Waals surface area contributed by atoms with Crippen LogP contribution in [-0.4, -0.2) is 34.9 Å². The maximum atomic E-state index is 11.7. The summed E-state index contributed by atoms with van der Waals surface area (Å²) < 4.78 is 0. The Kier molecular flexibility index (Phi) is 4.43. The largest absolute Gasteiger partial charge is 0.502 e. The Labute approximate surface area is 115 Å². The van der Waals surface area contributed by atoms with Gasteiger partial charge in [0.1, 0.15) is 11.6 Å². The maximum absolute atomic E-state index is 11.7. The second-order valence-corrected chi connectivity index (χ2v) is 4.33. The van der Waals surface area contributed by atoms with Crippen LogP contribution in [0.3, 0.4) is 0 Å². The third-order valence-electron chi connectivity index (χ3n) is 2.57. The van der Waals surface area contributed by atoms with E-state index in [1.807, 2.05) is 0 Å². The molecule has 0 aromatic heterocycles. The van der Waals surface area contributed by atoms with E-state index in [0.29, 0.717) is 11.1 Å². The highest BCUT2D eigenvalue weighted by Gasteiger charge is 2.18. The number of aryl methyl sites for hydroxylation is 1. The molecule has 0 radical (unpaired) electrons. The van der Waals surface area contributed by atoms with E-state index in [0.717, 1.165) is 6.07 Å². The van der Waals surface area contributed by atoms with E-state index in [4.69, 9.17) is 5.26 Å². The van der Waals surface area contributed by atoms with Gasteiger partial charge in [0.15, 0.2) is 5.75 Å². The Bertz CT molecular complexity index is 642. The number of carbonyl (C=O) groups excluding carboxylic acids is 1. The Morgan fingerprint density at radius 3 is 2.55 bits per heavy atom. The highest BCUT2D eigenvalue weighted by molar-refractivity contribution is 6.01. The molecule has 7 heteroatoms. The molecule has 7 nitrogen and oxygen atoms in total. The van der Waals surface area contributed by atoms with Crippen molar-refractivity contribution < 1.29 is 14.8 Å². The summed E-state index contributed by atoms with van der Waals surface area (Å²) in [6.07, 6.45) is 1.25. The first-order valence-corrected chi connectivity index (χ1v) is 5.59. The lowest BCUT2D eigenvalue weighted by molar-refractivity contribution is -0.385. The molecule has 1 amide bonds. The van der Waals surface area contributed by atoms with Crippen molar-refractivity contribution in [3.8, 4) is 11.8 Å². The molecule has 0 aliphatic rings. The lowest BCUT2D eigenvalue weighted by Crippen LogP contribution is -2.22. The monoisotopic (exact) mass is 275 g/mol. The normalized spacial score (nSPS) is 10.8. The Morgan fingerprint density at radius 2 is 2.10 bits per heavy atom. The lowest BCUT2D eigenvalue weighted by atomic mass is 10.1. The summed E-state index contributed by atoms with van der Waals surface area (Å²) in [5.74, 6) is -0.925. The number of hydrogen-bond donors (Lipinski definition) is 1. The van der Waals surface area contributed by atoms with E-state index in [2.05, 4.69) is 0 Å². The minimum atomic E-state index is -0.723. The third kappa shape index (κ3) is 3.11. The topological polar surface area (TPSA) is 107 Å². The van der Waals surface area contributed by atoms with E-state index >= 15 is 0 Å². The van der Waals surface area contributed by atoms with Gasteiger partial charge in [0.25, 0.3) is 5.91 Å². The maximum Gasteiger partial charge on any atom is 0.311 e. The predicted octanol–water partition coefficient (Wildman–Crippen LogP) is 1.60. The van der Waals surface area contributed by atoms with E-state index in [-0.39, 0.29) is 5.57 Å². The van der Waals surface area contributed by atoms with Crippen LogP contribution >= 0.6 is 0 Å². The number of benzene rings is 1. The number of nitrogens with zero attached hydrogens (tertiary/aromatic N) is 3. The van der Waals surface area contributed by atoms with Crippen molar-refractivity contribution in [1.82, 2.24) is 4.90 Å². The molecule has 0 fully saturated rings. The van der Waals surface area contributed by atoms with Crippen LogP contribution in [0.2, 0.25) is 0 Å². The summed E-state index contributed by atoms with van der Waals surface area (Å²) in [5, 5.41) is 29.3. The number of carbonyl (C=O) groups is 1. The van der Waals surface area contributed by atoms with Crippen LogP contribution in [0.25, 0.3) is 6.08 Å². The summed E-state index contributed by atoms with van der Waals surface area (Å²) in [6.45, 7) is 1.50. The zero-order valence-corrected chi connectivity index (χ0v) is 11.2. The predicted molar refractivity (Wildman–Crippen MR) is 71.8 cm³/mol. The van der Waals surface area contributed by atoms with Crippen LogP contribution in [0.5, 0.6) is 5.75 Å². The SMILES string of the molecule is Cc1cc(/C=C(\C#N)C(=O)N(C)C)cc([N+](=O)[O-])c1O. The van der Waals surface area contributed by atoms with Crippen molar-refractivity contribution >= 4 is 17.7 Å². The summed E-state index contributed by atoms with van der Waals surface area (Å²) >= 11 is 0. The number of hydrogen-bond acceptors (Lipinski definition) is 5. The van der Waals surface area contributed by atoms with Gasteiger partial charge in [0.05, 0.1) is 4.92 Å². The molecule has 0 saturated carbocycles. The fourth-order valence-electron chi connectivity index (χ4n) is 1.56. The lowest BCUT2D eigenvalue weighted by Gasteiger charge is -2.09. The van der Waals surface area contributed by atoms with Gasteiger partial charge in [-0.1, -0.05) is 0 Å². The zero-order chi connectivity index (χ0) is 15.4. The highest BCUT2D eigenvalue weighted by atomic mass is 16.6. The van der Waals surface area contributed by atoms with Crippen LogP contribution in [0.4, 0.5) is 5.69 Å². The number of nitro benzene ring substituents is 1. The van der Waals surface area contributed by atoms with Crippen molar-refractivity contribution in [2.24, 2.45) is 0 Å². The molecule has 0 atom stereocenters. The first kappa shape index (κ1) is 15.2. The number of nitro groups is 1. The number of rotatable bonds is 3. The number of phenols is 1. The molecule has 1 aromatic carbocycles. The van der Waals surface area contributed by atoms with Crippen LogP contribution in [0.15, 0.2) is 17.7 Å². The molecule has 0 aliphatic heterocycles. The molecule has 104 valence electrons. The fourth-order valence-corrected chi connectivity index (χ4v) is 1.56. The quantitative estimate of drug-likeness (QED) is 0.390. The van der Waals surface area contributed by atoms with Gasteiger partial charge in [-0.05, 0) is 30.2 Å². The minimum absolute atomic E-state index is 0.144. The number of aromatic hydroxyl groups is 1. The van der Waals surface area contributed by atoms with Gasteiger partial charge in [-0.3, -0.25) is 14.9 Å². The molecule has 1 aromatic rings. The number of likely N-dealkylation sites (N-methyl/N-ethyl adjacent to an activating group) is 1. The summed E-state index contributed by atoms with van der Waals surface area (Å²) in [5.41, 5.74) is -0.0148. The molecule has 1 rings (SSSR count). The van der Waals surface area contributed by atoms with Gasteiger partial charge in [0.2, 0.25) is 0 Å². The smallest absolute Gasteiger partial charge is 0.311 e. The molecule has 0 unspecified atom stereocenters. The first-order chi connectivity index (χ1) is 9.27. The van der Waals surface area contributed by atoms with Gasteiger partial charge in [-0.2, -0.15) is 5.26 Å². The van der Waals surface area contributed by atoms with Crippen molar-refractivity contribution in [1.29, 1.82) is 5.26 Å². The van der Waals surface area contributed by atoms with Crippen LogP contribution < -0.4 is 0 Å². The highest BCUT2D eigenvalue weighted by Crippen LogP contribution is 2.31. The van der Waals surface area contributed by atoms with Crippen molar-refractivity contribution in [2.45, 2.75) is 6.92 Å². The average Bonchev–Trinajstić information content (AvgIpc) is 2.38. The summed E-state index contributed by atoms with van der Waals surface area (Å²) in [7, 11) is 3.00. The van der Waals surface area contributed by atoms with E-state index < -0.39 is 22.3 Å². The Morgan fingerprint density at radius 1 is 1.50 bits per heavy atom. The number of phenolic OH excluding ortho intramolecular Hbond substituents is 1. The third-order valence-corrected chi connectivity index (χ3v) is 2.57. The van der Waals surface area contributed by atoms with Gasteiger partial charge >= 0.3 is 5.69 Å².